The molecule has 17 heavy (non-hydrogen) atoms. The molecule has 100 valence electrons. The van der Waals surface area contributed by atoms with Gasteiger partial charge in [-0.25, -0.2) is 0 Å². The van der Waals surface area contributed by atoms with Crippen LogP contribution in [-0.4, -0.2) is 47.7 Å². The quantitative estimate of drug-likeness (QED) is 0.789. The number of ether oxygens (including phenoxy) is 4. The Morgan fingerprint density at radius 3 is 2.18 bits per heavy atom. The van der Waals surface area contributed by atoms with Gasteiger partial charge in [0.25, 0.3) is 0 Å². The lowest BCUT2D eigenvalue weighted by Crippen LogP contribution is -2.49. The molecule has 2 aliphatic heterocycles. The summed E-state index contributed by atoms with van der Waals surface area (Å²) in [7, 11) is 0. The largest absolute Gasteiger partial charge is 0.394 e. The van der Waals surface area contributed by atoms with Crippen molar-refractivity contribution in [1.29, 1.82) is 0 Å². The first kappa shape index (κ1) is 13.2. The fourth-order valence-corrected chi connectivity index (χ4v) is 2.56. The van der Waals surface area contributed by atoms with Gasteiger partial charge >= 0.3 is 0 Å². The van der Waals surface area contributed by atoms with E-state index in [9.17, 15) is 5.11 Å². The molecule has 2 saturated heterocycles. The van der Waals surface area contributed by atoms with Crippen LogP contribution in [0, 0.1) is 0 Å². The van der Waals surface area contributed by atoms with Crippen LogP contribution in [-0.2, 0) is 18.9 Å². The third-order valence-corrected chi connectivity index (χ3v) is 3.15. The maximum absolute atomic E-state index is 9.37. The summed E-state index contributed by atoms with van der Waals surface area (Å²) >= 11 is 0. The maximum atomic E-state index is 9.37. The maximum Gasteiger partial charge on any atom is 0.164 e. The first-order valence-corrected chi connectivity index (χ1v) is 5.98. The van der Waals surface area contributed by atoms with Crippen molar-refractivity contribution in [3.05, 3.63) is 0 Å². The Morgan fingerprint density at radius 2 is 1.71 bits per heavy atom. The summed E-state index contributed by atoms with van der Waals surface area (Å²) in [6.07, 6.45) is -0.711. The molecule has 3 atom stereocenters. The normalized spacial score (nSPS) is 44.1. The van der Waals surface area contributed by atoms with Gasteiger partial charge in [-0.3, -0.25) is 0 Å². The molecule has 0 saturated carbocycles. The fraction of sp³-hybridized carbons (Fsp3) is 1.00. The van der Waals surface area contributed by atoms with E-state index in [0.29, 0.717) is 6.61 Å². The third kappa shape index (κ3) is 2.48. The Hall–Kier alpha value is -0.200. The van der Waals surface area contributed by atoms with Gasteiger partial charge in [0, 0.05) is 0 Å². The van der Waals surface area contributed by atoms with Crippen molar-refractivity contribution >= 4 is 0 Å². The number of aliphatic hydroxyl groups is 1. The number of aliphatic hydroxyl groups excluding tert-OH is 1. The molecule has 0 spiro atoms. The summed E-state index contributed by atoms with van der Waals surface area (Å²) in [4.78, 5) is 0. The Labute approximate surface area is 102 Å². The van der Waals surface area contributed by atoms with Gasteiger partial charge in [0.1, 0.15) is 17.8 Å². The van der Waals surface area contributed by atoms with Crippen molar-refractivity contribution in [1.82, 2.24) is 0 Å². The van der Waals surface area contributed by atoms with E-state index in [1.165, 1.54) is 0 Å². The van der Waals surface area contributed by atoms with Gasteiger partial charge in [0.05, 0.1) is 13.2 Å². The van der Waals surface area contributed by atoms with Crippen LogP contribution in [0.5, 0.6) is 0 Å². The molecule has 0 unspecified atom stereocenters. The summed E-state index contributed by atoms with van der Waals surface area (Å²) in [5, 5.41) is 9.37. The molecule has 2 rings (SSSR count). The SMILES string of the molecule is CC1(C)O[C@@H](CO)[C@@H]([C@]2(C)COC(C)(C)O2)O1. The highest BCUT2D eigenvalue weighted by molar-refractivity contribution is 4.99. The molecule has 1 N–H and O–H groups in total. The Balaban J connectivity index is 2.17. The predicted octanol–water partition coefficient (Wildman–Crippen LogP) is 1.04. The lowest BCUT2D eigenvalue weighted by Gasteiger charge is -2.32. The lowest BCUT2D eigenvalue weighted by atomic mass is 9.96. The lowest BCUT2D eigenvalue weighted by molar-refractivity contribution is -0.200. The Bertz CT molecular complexity index is 301. The molecule has 5 heteroatoms. The second-order valence-corrected chi connectivity index (χ2v) is 5.88. The Morgan fingerprint density at radius 1 is 1.06 bits per heavy atom. The summed E-state index contributed by atoms with van der Waals surface area (Å²) < 4.78 is 23.0. The zero-order valence-corrected chi connectivity index (χ0v) is 11.1. The highest BCUT2D eigenvalue weighted by Gasteiger charge is 2.56. The highest BCUT2D eigenvalue weighted by atomic mass is 16.8. The standard InChI is InChI=1S/C12H22O5/c1-10(2)14-7-12(5,17-10)9-8(6-13)15-11(3,4)16-9/h8-9,13H,6-7H2,1-5H3/t8-,9-,12-/m0/s1. The average Bonchev–Trinajstić information content (AvgIpc) is 2.64. The van der Waals surface area contributed by atoms with Gasteiger partial charge in [-0.05, 0) is 34.6 Å². The average molecular weight is 246 g/mol. The van der Waals surface area contributed by atoms with Crippen LogP contribution < -0.4 is 0 Å². The third-order valence-electron chi connectivity index (χ3n) is 3.15. The van der Waals surface area contributed by atoms with Gasteiger partial charge in [-0.2, -0.15) is 0 Å². The highest BCUT2D eigenvalue weighted by Crippen LogP contribution is 2.41. The molecule has 0 aromatic rings. The van der Waals surface area contributed by atoms with E-state index >= 15 is 0 Å². The predicted molar refractivity (Wildman–Crippen MR) is 60.4 cm³/mol. The van der Waals surface area contributed by atoms with Crippen molar-refractivity contribution in [2.24, 2.45) is 0 Å². The Kier molecular flexibility index (Phi) is 3.03. The van der Waals surface area contributed by atoms with Crippen LogP contribution in [0.15, 0.2) is 0 Å². The van der Waals surface area contributed by atoms with Crippen LogP contribution in [0.4, 0.5) is 0 Å². The number of rotatable bonds is 2. The molecule has 0 aromatic heterocycles. The molecule has 5 nitrogen and oxygen atoms in total. The van der Waals surface area contributed by atoms with Gasteiger partial charge < -0.3 is 24.1 Å². The minimum Gasteiger partial charge on any atom is -0.394 e. The molecule has 2 heterocycles. The van der Waals surface area contributed by atoms with Crippen LogP contribution >= 0.6 is 0 Å². The van der Waals surface area contributed by atoms with E-state index in [1.54, 1.807) is 0 Å². The first-order valence-electron chi connectivity index (χ1n) is 5.98. The van der Waals surface area contributed by atoms with Crippen molar-refractivity contribution in [2.45, 2.75) is 64.0 Å². The van der Waals surface area contributed by atoms with Gasteiger partial charge in [0.15, 0.2) is 11.6 Å². The summed E-state index contributed by atoms with van der Waals surface area (Å²) in [5.74, 6) is -1.32. The van der Waals surface area contributed by atoms with Crippen molar-refractivity contribution in [3.8, 4) is 0 Å². The smallest absolute Gasteiger partial charge is 0.164 e. The van der Waals surface area contributed by atoms with Crippen molar-refractivity contribution in [2.75, 3.05) is 13.2 Å². The number of hydrogen-bond acceptors (Lipinski definition) is 5. The summed E-state index contributed by atoms with van der Waals surface area (Å²) in [6.45, 7) is 9.67. The summed E-state index contributed by atoms with van der Waals surface area (Å²) in [6, 6.07) is 0. The molecule has 2 fully saturated rings. The molecule has 0 aliphatic carbocycles. The minimum atomic E-state index is -0.697. The molecule has 2 aliphatic rings. The fourth-order valence-electron chi connectivity index (χ4n) is 2.56. The zero-order valence-electron chi connectivity index (χ0n) is 11.1. The van der Waals surface area contributed by atoms with Gasteiger partial charge in [-0.1, -0.05) is 0 Å². The second kappa shape index (κ2) is 3.90. The van der Waals surface area contributed by atoms with Crippen LogP contribution in [0.2, 0.25) is 0 Å². The first-order chi connectivity index (χ1) is 7.68. The van der Waals surface area contributed by atoms with E-state index < -0.39 is 17.2 Å². The minimum absolute atomic E-state index is 0.0898. The number of hydrogen-bond donors (Lipinski definition) is 1. The van der Waals surface area contributed by atoms with Gasteiger partial charge in [0.2, 0.25) is 0 Å². The van der Waals surface area contributed by atoms with Crippen LogP contribution in [0.3, 0.4) is 0 Å². The summed E-state index contributed by atoms with van der Waals surface area (Å²) in [5.41, 5.74) is -0.593. The molecule has 0 aromatic carbocycles. The van der Waals surface area contributed by atoms with E-state index in [0.717, 1.165) is 0 Å². The molecule has 0 radical (unpaired) electrons. The topological polar surface area (TPSA) is 57.2 Å². The van der Waals surface area contributed by atoms with Gasteiger partial charge in [-0.15, -0.1) is 0 Å². The molecule has 0 amide bonds. The van der Waals surface area contributed by atoms with E-state index in [2.05, 4.69) is 0 Å². The van der Waals surface area contributed by atoms with Crippen molar-refractivity contribution in [3.63, 3.8) is 0 Å². The zero-order chi connectivity index (χ0) is 12.9. The molecule has 0 bridgehead atoms. The van der Waals surface area contributed by atoms with E-state index in [4.69, 9.17) is 18.9 Å². The van der Waals surface area contributed by atoms with Crippen LogP contribution in [0.1, 0.15) is 34.6 Å². The monoisotopic (exact) mass is 246 g/mol. The van der Waals surface area contributed by atoms with Crippen molar-refractivity contribution < 1.29 is 24.1 Å². The van der Waals surface area contributed by atoms with E-state index in [1.807, 2.05) is 34.6 Å². The molecular formula is C12H22O5. The molecular weight excluding hydrogens is 224 g/mol. The second-order valence-electron chi connectivity index (χ2n) is 5.88. The van der Waals surface area contributed by atoms with Crippen LogP contribution in [0.25, 0.3) is 0 Å². The van der Waals surface area contributed by atoms with E-state index in [-0.39, 0.29) is 18.8 Å².